The van der Waals surface area contributed by atoms with Gasteiger partial charge >= 0.3 is 0 Å². The van der Waals surface area contributed by atoms with Gasteiger partial charge < -0.3 is 9.64 Å². The molecule has 1 N–H and O–H groups in total. The third-order valence-corrected chi connectivity index (χ3v) is 4.59. The van der Waals surface area contributed by atoms with Crippen LogP contribution >= 0.6 is 15.9 Å². The van der Waals surface area contributed by atoms with Crippen LogP contribution < -0.4 is 15.1 Å². The van der Waals surface area contributed by atoms with Gasteiger partial charge in [0.25, 0.3) is 5.91 Å². The van der Waals surface area contributed by atoms with Crippen LogP contribution in [0.15, 0.2) is 52.0 Å². The van der Waals surface area contributed by atoms with Crippen molar-refractivity contribution in [2.24, 2.45) is 5.10 Å². The number of anilines is 1. The van der Waals surface area contributed by atoms with E-state index in [2.05, 4.69) is 47.2 Å². The second kappa shape index (κ2) is 9.04. The van der Waals surface area contributed by atoms with Crippen LogP contribution in [0.2, 0.25) is 0 Å². The Bertz CT molecular complexity index is 809. The smallest absolute Gasteiger partial charge is 0.277 e. The summed E-state index contributed by atoms with van der Waals surface area (Å²) in [5.41, 5.74) is 5.73. The molecule has 0 heterocycles. The van der Waals surface area contributed by atoms with E-state index < -0.39 is 0 Å². The molecule has 0 bridgehead atoms. The Labute approximate surface area is 169 Å². The van der Waals surface area contributed by atoms with Gasteiger partial charge in [-0.2, -0.15) is 5.10 Å². The zero-order chi connectivity index (χ0) is 20.0. The number of hydrogen-bond acceptors (Lipinski definition) is 4. The summed E-state index contributed by atoms with van der Waals surface area (Å²) in [6, 6.07) is 13.8. The first-order valence-corrected chi connectivity index (χ1v) is 9.48. The number of ether oxygens (including phenoxy) is 1. The average molecular weight is 432 g/mol. The van der Waals surface area contributed by atoms with Crippen molar-refractivity contribution in [2.45, 2.75) is 26.2 Å². The molecule has 2 aromatic carbocycles. The zero-order valence-electron chi connectivity index (χ0n) is 16.4. The number of carbonyl (C=O) groups excluding carboxylic acids is 1. The van der Waals surface area contributed by atoms with Gasteiger partial charge in [0.2, 0.25) is 0 Å². The Kier molecular flexibility index (Phi) is 7.02. The molecule has 2 rings (SSSR count). The van der Waals surface area contributed by atoms with E-state index >= 15 is 0 Å². The fraction of sp³-hybridized carbons (Fsp3) is 0.333. The van der Waals surface area contributed by atoms with Gasteiger partial charge in [-0.15, -0.1) is 0 Å². The van der Waals surface area contributed by atoms with E-state index in [1.165, 1.54) is 5.56 Å². The number of hydrogen-bond donors (Lipinski definition) is 1. The van der Waals surface area contributed by atoms with Crippen molar-refractivity contribution in [3.8, 4) is 5.75 Å². The van der Waals surface area contributed by atoms with Crippen LogP contribution in [0, 0.1) is 0 Å². The first-order chi connectivity index (χ1) is 12.7. The van der Waals surface area contributed by atoms with E-state index in [-0.39, 0.29) is 17.9 Å². The van der Waals surface area contributed by atoms with Gasteiger partial charge in [-0.1, -0.05) is 39.0 Å². The lowest BCUT2D eigenvalue weighted by atomic mass is 9.87. The monoisotopic (exact) mass is 431 g/mol. The molecule has 0 aliphatic rings. The maximum absolute atomic E-state index is 11.9. The fourth-order valence-electron chi connectivity index (χ4n) is 2.30. The van der Waals surface area contributed by atoms with Crippen LogP contribution in [0.3, 0.4) is 0 Å². The molecule has 0 atom stereocenters. The van der Waals surface area contributed by atoms with Crippen molar-refractivity contribution in [1.82, 2.24) is 5.43 Å². The van der Waals surface area contributed by atoms with Gasteiger partial charge in [0.1, 0.15) is 5.75 Å². The Morgan fingerprint density at radius 1 is 1.19 bits per heavy atom. The average Bonchev–Trinajstić information content (AvgIpc) is 2.60. The van der Waals surface area contributed by atoms with Gasteiger partial charge in [-0.05, 0) is 56.7 Å². The molecule has 0 saturated heterocycles. The number of carbonyl (C=O) groups is 1. The van der Waals surface area contributed by atoms with Crippen molar-refractivity contribution in [1.29, 1.82) is 0 Å². The van der Waals surface area contributed by atoms with Gasteiger partial charge in [-0.25, -0.2) is 5.43 Å². The van der Waals surface area contributed by atoms with E-state index in [0.29, 0.717) is 5.75 Å². The van der Waals surface area contributed by atoms with Gasteiger partial charge in [0.05, 0.1) is 10.7 Å². The van der Waals surface area contributed by atoms with E-state index in [0.717, 1.165) is 15.7 Å². The second-order valence-corrected chi connectivity index (χ2v) is 8.32. The van der Waals surface area contributed by atoms with Crippen LogP contribution in [-0.2, 0) is 10.2 Å². The summed E-state index contributed by atoms with van der Waals surface area (Å²) in [6.07, 6.45) is 1.60. The first-order valence-electron chi connectivity index (χ1n) is 8.69. The fourth-order valence-corrected chi connectivity index (χ4v) is 2.79. The van der Waals surface area contributed by atoms with Gasteiger partial charge in [-0.3, -0.25) is 4.79 Å². The third-order valence-electron chi connectivity index (χ3n) is 3.97. The summed E-state index contributed by atoms with van der Waals surface area (Å²) >= 11 is 3.50. The third kappa shape index (κ3) is 6.40. The second-order valence-electron chi connectivity index (χ2n) is 7.46. The van der Waals surface area contributed by atoms with Crippen molar-refractivity contribution in [3.05, 3.63) is 58.1 Å². The summed E-state index contributed by atoms with van der Waals surface area (Å²) in [7, 11) is 3.97. The highest BCUT2D eigenvalue weighted by atomic mass is 79.9. The van der Waals surface area contributed by atoms with Crippen LogP contribution in [0.4, 0.5) is 5.69 Å². The van der Waals surface area contributed by atoms with Gasteiger partial charge in [0, 0.05) is 19.8 Å². The predicted octanol–water partition coefficient (Wildman–Crippen LogP) is 4.34. The van der Waals surface area contributed by atoms with E-state index in [9.17, 15) is 4.79 Å². The maximum atomic E-state index is 11.9. The van der Waals surface area contributed by atoms with Crippen LogP contribution in [-0.4, -0.2) is 32.8 Å². The van der Waals surface area contributed by atoms with Crippen molar-refractivity contribution >= 4 is 33.7 Å². The van der Waals surface area contributed by atoms with E-state index in [1.807, 2.05) is 61.5 Å². The van der Waals surface area contributed by atoms with Crippen molar-refractivity contribution in [3.63, 3.8) is 0 Å². The molecule has 0 aliphatic heterocycles. The molecule has 144 valence electrons. The van der Waals surface area contributed by atoms with Crippen LogP contribution in [0.5, 0.6) is 5.75 Å². The Morgan fingerprint density at radius 2 is 1.85 bits per heavy atom. The summed E-state index contributed by atoms with van der Waals surface area (Å²) in [5.74, 6) is 0.310. The lowest BCUT2D eigenvalue weighted by Gasteiger charge is -2.20. The minimum Gasteiger partial charge on any atom is -0.483 e. The standard InChI is InChI=1S/C21H26BrN3O2/c1-21(2,3)16-8-11-19(18(22)12-16)27-14-20(26)24-23-13-15-6-9-17(10-7-15)25(4)5/h6-13H,14H2,1-5H3,(H,24,26). The summed E-state index contributed by atoms with van der Waals surface area (Å²) in [6.45, 7) is 6.34. The molecule has 1 amide bonds. The number of amides is 1. The highest BCUT2D eigenvalue weighted by molar-refractivity contribution is 9.10. The Morgan fingerprint density at radius 3 is 2.41 bits per heavy atom. The molecular formula is C21H26BrN3O2. The molecular weight excluding hydrogens is 406 g/mol. The highest BCUT2D eigenvalue weighted by Gasteiger charge is 2.15. The molecule has 0 spiro atoms. The van der Waals surface area contributed by atoms with Crippen molar-refractivity contribution in [2.75, 3.05) is 25.6 Å². The molecule has 2 aromatic rings. The lowest BCUT2D eigenvalue weighted by molar-refractivity contribution is -0.123. The number of halogens is 1. The maximum Gasteiger partial charge on any atom is 0.277 e. The minimum atomic E-state index is -0.317. The first kappa shape index (κ1) is 21.0. The minimum absolute atomic E-state index is 0.0535. The Hall–Kier alpha value is -2.34. The topological polar surface area (TPSA) is 53.9 Å². The molecule has 0 radical (unpaired) electrons. The lowest BCUT2D eigenvalue weighted by Crippen LogP contribution is -2.24. The number of hydrazone groups is 1. The molecule has 0 aliphatic carbocycles. The van der Waals surface area contributed by atoms with Crippen LogP contribution in [0.25, 0.3) is 0 Å². The molecule has 5 nitrogen and oxygen atoms in total. The highest BCUT2D eigenvalue weighted by Crippen LogP contribution is 2.31. The molecule has 27 heavy (non-hydrogen) atoms. The molecule has 0 saturated carbocycles. The number of nitrogens with zero attached hydrogens (tertiary/aromatic N) is 2. The predicted molar refractivity (Wildman–Crippen MR) is 115 cm³/mol. The Balaban J connectivity index is 1.85. The largest absolute Gasteiger partial charge is 0.483 e. The number of benzene rings is 2. The van der Waals surface area contributed by atoms with Crippen LogP contribution in [0.1, 0.15) is 31.9 Å². The van der Waals surface area contributed by atoms with E-state index in [4.69, 9.17) is 4.74 Å². The summed E-state index contributed by atoms with van der Waals surface area (Å²) < 4.78 is 6.40. The summed E-state index contributed by atoms with van der Waals surface area (Å²) in [5, 5.41) is 3.97. The van der Waals surface area contributed by atoms with Crippen molar-refractivity contribution < 1.29 is 9.53 Å². The van der Waals surface area contributed by atoms with Gasteiger partial charge in [0.15, 0.2) is 6.61 Å². The quantitative estimate of drug-likeness (QED) is 0.546. The molecule has 0 fully saturated rings. The molecule has 6 heteroatoms. The normalized spacial score (nSPS) is 11.5. The number of nitrogens with one attached hydrogen (secondary N) is 1. The summed E-state index contributed by atoms with van der Waals surface area (Å²) in [4.78, 5) is 13.9. The SMILES string of the molecule is CN(C)c1ccc(C=NNC(=O)COc2ccc(C(C)(C)C)cc2Br)cc1. The number of rotatable bonds is 6. The molecule has 0 aromatic heterocycles. The zero-order valence-corrected chi connectivity index (χ0v) is 18.0. The molecule has 0 unspecified atom stereocenters. The van der Waals surface area contributed by atoms with E-state index in [1.54, 1.807) is 6.21 Å².